The fourth-order valence-electron chi connectivity index (χ4n) is 1.93. The summed E-state index contributed by atoms with van der Waals surface area (Å²) in [5.74, 6) is 0. The first-order valence-corrected chi connectivity index (χ1v) is 6.61. The Kier molecular flexibility index (Phi) is 7.16. The fraction of sp³-hybridized carbons (Fsp3) is 1.00. The topological polar surface area (TPSA) is 120 Å². The Bertz CT molecular complexity index is 248. The number of hydrogen-bond donors (Lipinski definition) is 5. The molecule has 0 amide bonds. The van der Waals surface area contributed by atoms with E-state index in [0.29, 0.717) is 19.3 Å². The molecule has 1 rings (SSSR count). The highest BCUT2D eigenvalue weighted by Gasteiger charge is 2.43. The average Bonchev–Trinajstić information content (AvgIpc) is 2.42. The van der Waals surface area contributed by atoms with E-state index in [1.54, 1.807) is 0 Å². The molecule has 6 atom stereocenters. The average molecular weight is 280 g/mol. The number of aliphatic hydroxyl groups is 5. The van der Waals surface area contributed by atoms with Gasteiger partial charge in [-0.25, -0.2) is 0 Å². The molecule has 7 nitrogen and oxygen atoms in total. The van der Waals surface area contributed by atoms with Crippen molar-refractivity contribution in [2.24, 2.45) is 0 Å². The summed E-state index contributed by atoms with van der Waals surface area (Å²) in [6.45, 7) is 1.65. The van der Waals surface area contributed by atoms with Gasteiger partial charge in [0.2, 0.25) is 0 Å². The first kappa shape index (κ1) is 16.8. The van der Waals surface area contributed by atoms with Gasteiger partial charge in [0.1, 0.15) is 24.4 Å². The van der Waals surface area contributed by atoms with Gasteiger partial charge in [-0.15, -0.1) is 0 Å². The smallest absolute Gasteiger partial charge is 0.186 e. The Hall–Kier alpha value is -0.280. The number of hydrogen-bond acceptors (Lipinski definition) is 7. The first-order valence-electron chi connectivity index (χ1n) is 6.61. The van der Waals surface area contributed by atoms with Gasteiger partial charge < -0.3 is 35.0 Å². The number of ether oxygens (including phenoxy) is 2. The zero-order chi connectivity index (χ0) is 14.4. The van der Waals surface area contributed by atoms with Crippen LogP contribution in [-0.4, -0.2) is 75.6 Å². The van der Waals surface area contributed by atoms with Crippen molar-refractivity contribution in [3.63, 3.8) is 0 Å². The van der Waals surface area contributed by atoms with Crippen molar-refractivity contribution in [1.82, 2.24) is 0 Å². The predicted molar refractivity (Wildman–Crippen MR) is 65.3 cm³/mol. The van der Waals surface area contributed by atoms with Gasteiger partial charge >= 0.3 is 0 Å². The minimum Gasteiger partial charge on any atom is -0.394 e. The van der Waals surface area contributed by atoms with Gasteiger partial charge in [0, 0.05) is 6.61 Å². The second-order valence-electron chi connectivity index (χ2n) is 4.77. The van der Waals surface area contributed by atoms with Gasteiger partial charge in [-0.3, -0.25) is 0 Å². The van der Waals surface area contributed by atoms with Gasteiger partial charge in [-0.05, 0) is 19.3 Å². The quantitative estimate of drug-likeness (QED) is 0.355. The maximum absolute atomic E-state index is 9.68. The lowest BCUT2D eigenvalue weighted by Gasteiger charge is -2.39. The Morgan fingerprint density at radius 3 is 2.42 bits per heavy atom. The molecule has 114 valence electrons. The Morgan fingerprint density at radius 2 is 1.84 bits per heavy atom. The van der Waals surface area contributed by atoms with Gasteiger partial charge in [0.05, 0.1) is 12.7 Å². The lowest BCUT2D eigenvalue weighted by molar-refractivity contribution is -0.301. The lowest BCUT2D eigenvalue weighted by Crippen LogP contribution is -2.59. The van der Waals surface area contributed by atoms with Crippen molar-refractivity contribution in [2.75, 3.05) is 13.2 Å². The molecule has 1 heterocycles. The molecule has 0 aliphatic carbocycles. The minimum absolute atomic E-state index is 0.250. The normalized spacial score (nSPS) is 37.3. The van der Waals surface area contributed by atoms with Crippen molar-refractivity contribution < 1.29 is 35.0 Å². The molecule has 0 aromatic heterocycles. The van der Waals surface area contributed by atoms with Gasteiger partial charge in [-0.1, -0.05) is 6.92 Å². The molecule has 0 spiro atoms. The summed E-state index contributed by atoms with van der Waals surface area (Å²) in [5, 5.41) is 47.1. The van der Waals surface area contributed by atoms with E-state index < -0.39 is 37.3 Å². The van der Waals surface area contributed by atoms with Crippen LogP contribution in [0, 0.1) is 0 Å². The Balaban J connectivity index is 2.35. The second kappa shape index (κ2) is 8.11. The highest BCUT2D eigenvalue weighted by molar-refractivity contribution is 4.88. The van der Waals surface area contributed by atoms with Crippen molar-refractivity contribution in [2.45, 2.75) is 63.0 Å². The second-order valence-corrected chi connectivity index (χ2v) is 4.77. The van der Waals surface area contributed by atoms with Crippen molar-refractivity contribution >= 4 is 0 Å². The van der Waals surface area contributed by atoms with E-state index in [4.69, 9.17) is 14.6 Å². The molecule has 19 heavy (non-hydrogen) atoms. The molecule has 1 aliphatic heterocycles. The summed E-state index contributed by atoms with van der Waals surface area (Å²) in [6.07, 6.45) is -4.75. The highest BCUT2D eigenvalue weighted by atomic mass is 16.7. The SMILES string of the molecule is CCC(O)CCCO[C@@H]1O[C@H](CO)[C@@H](O)[C@H](O)[C@H]1O. The molecule has 0 bridgehead atoms. The van der Waals surface area contributed by atoms with E-state index in [0.717, 1.165) is 0 Å². The maximum Gasteiger partial charge on any atom is 0.186 e. The molecule has 1 aliphatic rings. The van der Waals surface area contributed by atoms with Crippen LogP contribution in [0.15, 0.2) is 0 Å². The minimum atomic E-state index is -1.42. The third-order valence-electron chi connectivity index (χ3n) is 3.28. The third kappa shape index (κ3) is 4.64. The van der Waals surface area contributed by atoms with E-state index in [9.17, 15) is 20.4 Å². The predicted octanol–water partition coefficient (Wildman–Crippen LogP) is -1.65. The molecule has 1 unspecified atom stereocenters. The largest absolute Gasteiger partial charge is 0.394 e. The van der Waals surface area contributed by atoms with Crippen molar-refractivity contribution in [3.05, 3.63) is 0 Å². The van der Waals surface area contributed by atoms with Crippen LogP contribution in [0.3, 0.4) is 0 Å². The van der Waals surface area contributed by atoms with E-state index in [2.05, 4.69) is 0 Å². The number of rotatable bonds is 7. The zero-order valence-corrected chi connectivity index (χ0v) is 11.1. The van der Waals surface area contributed by atoms with Gasteiger partial charge in [0.15, 0.2) is 6.29 Å². The molecule has 5 N–H and O–H groups in total. The van der Waals surface area contributed by atoms with Gasteiger partial charge in [-0.2, -0.15) is 0 Å². The van der Waals surface area contributed by atoms with Crippen LogP contribution in [0.25, 0.3) is 0 Å². The van der Waals surface area contributed by atoms with Crippen LogP contribution in [0.2, 0.25) is 0 Å². The van der Waals surface area contributed by atoms with E-state index in [-0.39, 0.29) is 12.7 Å². The summed E-state index contributed by atoms with van der Waals surface area (Å²) < 4.78 is 10.4. The molecule has 1 saturated heterocycles. The molecule has 0 aromatic rings. The first-order chi connectivity index (χ1) is 9.01. The standard InChI is InChI=1S/C12H24O7/c1-2-7(14)4-3-5-18-12-11(17)10(16)9(15)8(6-13)19-12/h7-17H,2-6H2,1H3/t7?,8-,9-,10+,11-,12-/m1/s1. The molecular formula is C12H24O7. The number of aliphatic hydroxyl groups excluding tert-OH is 5. The van der Waals surface area contributed by atoms with E-state index in [1.807, 2.05) is 6.92 Å². The van der Waals surface area contributed by atoms with Gasteiger partial charge in [0.25, 0.3) is 0 Å². The lowest BCUT2D eigenvalue weighted by atomic mass is 9.99. The molecule has 0 radical (unpaired) electrons. The van der Waals surface area contributed by atoms with Crippen molar-refractivity contribution in [1.29, 1.82) is 0 Å². The Labute approximate surface area is 112 Å². The summed E-state index contributed by atoms with van der Waals surface area (Å²) >= 11 is 0. The monoisotopic (exact) mass is 280 g/mol. The van der Waals surface area contributed by atoms with E-state index in [1.165, 1.54) is 0 Å². The Morgan fingerprint density at radius 1 is 1.16 bits per heavy atom. The zero-order valence-electron chi connectivity index (χ0n) is 11.1. The fourth-order valence-corrected chi connectivity index (χ4v) is 1.93. The summed E-state index contributed by atoms with van der Waals surface area (Å²) in [4.78, 5) is 0. The van der Waals surface area contributed by atoms with Crippen molar-refractivity contribution in [3.8, 4) is 0 Å². The maximum atomic E-state index is 9.68. The van der Waals surface area contributed by atoms with Crippen LogP contribution < -0.4 is 0 Å². The van der Waals surface area contributed by atoms with Crippen LogP contribution in [0.1, 0.15) is 26.2 Å². The van der Waals surface area contributed by atoms with Crippen LogP contribution >= 0.6 is 0 Å². The molecule has 1 fully saturated rings. The summed E-state index contributed by atoms with van der Waals surface area (Å²) in [5.41, 5.74) is 0. The summed E-state index contributed by atoms with van der Waals surface area (Å²) in [7, 11) is 0. The van der Waals surface area contributed by atoms with Crippen LogP contribution in [0.5, 0.6) is 0 Å². The van der Waals surface area contributed by atoms with E-state index >= 15 is 0 Å². The summed E-state index contributed by atoms with van der Waals surface area (Å²) in [6, 6.07) is 0. The van der Waals surface area contributed by atoms with Crippen LogP contribution in [0.4, 0.5) is 0 Å². The molecule has 7 heteroatoms. The highest BCUT2D eigenvalue weighted by Crippen LogP contribution is 2.22. The molecule has 0 aromatic carbocycles. The third-order valence-corrected chi connectivity index (χ3v) is 3.28. The van der Waals surface area contributed by atoms with Crippen LogP contribution in [-0.2, 0) is 9.47 Å². The molecular weight excluding hydrogens is 256 g/mol. The molecule has 0 saturated carbocycles.